The molecule has 2 heterocycles. The molecular weight excluding hydrogens is 428 g/mol. The van der Waals surface area contributed by atoms with Crippen LogP contribution in [0, 0.1) is 0 Å². The highest BCUT2D eigenvalue weighted by atomic mass is 16.5. The molecule has 0 aliphatic carbocycles. The number of amides is 1. The number of aromatic amines is 1. The zero-order valence-electron chi connectivity index (χ0n) is 18.1. The number of hydrogen-bond donors (Lipinski definition) is 2. The van der Waals surface area contributed by atoms with Gasteiger partial charge in [-0.3, -0.25) is 4.79 Å². The minimum atomic E-state index is -0.296. The molecule has 0 saturated heterocycles. The number of nitrogens with one attached hydrogen (secondary N) is 2. The Hall–Kier alpha value is -4.91. The summed E-state index contributed by atoms with van der Waals surface area (Å²) in [6.07, 6.45) is 4.63. The van der Waals surface area contributed by atoms with Gasteiger partial charge in [-0.05, 0) is 48.0 Å². The van der Waals surface area contributed by atoms with Crippen LogP contribution in [0.5, 0.6) is 23.1 Å². The van der Waals surface area contributed by atoms with Crippen LogP contribution in [-0.2, 0) is 4.79 Å². The number of carbonyl (C=O) groups excluding carboxylic acids is 1. The molecule has 3 aromatic carbocycles. The lowest BCUT2D eigenvalue weighted by Crippen LogP contribution is -2.07. The van der Waals surface area contributed by atoms with E-state index in [1.807, 2.05) is 60.8 Å². The molecule has 0 radical (unpaired) electrons. The summed E-state index contributed by atoms with van der Waals surface area (Å²) >= 11 is 0. The average Bonchev–Trinajstić information content (AvgIpc) is 3.28. The number of aromatic nitrogens is 3. The topological polar surface area (TPSA) is 89.1 Å². The summed E-state index contributed by atoms with van der Waals surface area (Å²) in [5.74, 6) is 2.09. The first-order valence-corrected chi connectivity index (χ1v) is 10.6. The fourth-order valence-corrected chi connectivity index (χ4v) is 3.42. The Labute approximate surface area is 195 Å². The molecule has 0 bridgehead atoms. The third-order valence-corrected chi connectivity index (χ3v) is 5.01. The first-order chi connectivity index (χ1) is 16.7. The van der Waals surface area contributed by atoms with Crippen molar-refractivity contribution in [3.05, 3.63) is 104 Å². The van der Waals surface area contributed by atoms with Crippen LogP contribution in [0.25, 0.3) is 22.3 Å². The van der Waals surface area contributed by atoms with Crippen LogP contribution in [0.15, 0.2) is 104 Å². The Morgan fingerprint density at radius 3 is 2.47 bits per heavy atom. The second kappa shape index (κ2) is 9.30. The van der Waals surface area contributed by atoms with Crippen molar-refractivity contribution in [3.63, 3.8) is 0 Å². The molecule has 5 aromatic rings. The zero-order valence-corrected chi connectivity index (χ0v) is 18.1. The van der Waals surface area contributed by atoms with Crippen molar-refractivity contribution in [2.45, 2.75) is 0 Å². The third kappa shape index (κ3) is 4.63. The minimum absolute atomic E-state index is 0.296. The maximum atomic E-state index is 11.5. The highest BCUT2D eigenvalue weighted by molar-refractivity contribution is 5.99. The van der Waals surface area contributed by atoms with Crippen molar-refractivity contribution in [1.29, 1.82) is 0 Å². The van der Waals surface area contributed by atoms with Crippen molar-refractivity contribution in [3.8, 4) is 34.3 Å². The highest BCUT2D eigenvalue weighted by Gasteiger charge is 2.12. The normalized spacial score (nSPS) is 10.6. The lowest BCUT2D eigenvalue weighted by Gasteiger charge is -2.08. The summed E-state index contributed by atoms with van der Waals surface area (Å²) in [6, 6.07) is 24.4. The van der Waals surface area contributed by atoms with Gasteiger partial charge in [-0.25, -0.2) is 9.97 Å². The SMILES string of the molecule is C=CC(=O)Nc1cccc(Oc2cnc3[nH]cc(-c4ccc(Oc5ccccc5)cc4)c3n2)c1. The van der Waals surface area contributed by atoms with Gasteiger partial charge in [-0.15, -0.1) is 0 Å². The van der Waals surface area contributed by atoms with Crippen molar-refractivity contribution in [2.24, 2.45) is 0 Å². The van der Waals surface area contributed by atoms with Gasteiger partial charge >= 0.3 is 0 Å². The van der Waals surface area contributed by atoms with Gasteiger partial charge in [0.25, 0.3) is 0 Å². The van der Waals surface area contributed by atoms with E-state index >= 15 is 0 Å². The number of rotatable bonds is 7. The number of carbonyl (C=O) groups is 1. The molecule has 0 aliphatic heterocycles. The molecule has 0 fully saturated rings. The van der Waals surface area contributed by atoms with Gasteiger partial charge < -0.3 is 19.8 Å². The van der Waals surface area contributed by atoms with Crippen LogP contribution in [0.4, 0.5) is 5.69 Å². The van der Waals surface area contributed by atoms with E-state index in [9.17, 15) is 4.79 Å². The van der Waals surface area contributed by atoms with Crippen molar-refractivity contribution in [2.75, 3.05) is 5.32 Å². The van der Waals surface area contributed by atoms with Crippen LogP contribution in [0.3, 0.4) is 0 Å². The van der Waals surface area contributed by atoms with Gasteiger partial charge in [-0.1, -0.05) is 43.0 Å². The first-order valence-electron chi connectivity index (χ1n) is 10.6. The van der Waals surface area contributed by atoms with Crippen molar-refractivity contribution < 1.29 is 14.3 Å². The van der Waals surface area contributed by atoms with E-state index in [1.54, 1.807) is 30.5 Å². The average molecular weight is 448 g/mol. The summed E-state index contributed by atoms with van der Waals surface area (Å²) in [6.45, 7) is 3.46. The number of anilines is 1. The Morgan fingerprint density at radius 1 is 0.912 bits per heavy atom. The van der Waals surface area contributed by atoms with E-state index in [0.717, 1.165) is 22.6 Å². The predicted molar refractivity (Wildman–Crippen MR) is 131 cm³/mol. The summed E-state index contributed by atoms with van der Waals surface area (Å²) in [5, 5.41) is 2.71. The number of fused-ring (bicyclic) bond motifs is 1. The van der Waals surface area contributed by atoms with E-state index < -0.39 is 0 Å². The van der Waals surface area contributed by atoms with Crippen molar-refractivity contribution >= 4 is 22.8 Å². The van der Waals surface area contributed by atoms with E-state index in [0.29, 0.717) is 28.5 Å². The molecule has 34 heavy (non-hydrogen) atoms. The third-order valence-electron chi connectivity index (χ3n) is 5.01. The molecule has 0 spiro atoms. The Kier molecular flexibility index (Phi) is 5.73. The minimum Gasteiger partial charge on any atom is -0.457 e. The molecule has 7 heteroatoms. The molecular formula is C27H20N4O3. The van der Waals surface area contributed by atoms with E-state index in [2.05, 4.69) is 26.8 Å². The van der Waals surface area contributed by atoms with E-state index in [-0.39, 0.29) is 5.91 Å². The zero-order chi connectivity index (χ0) is 23.3. The van der Waals surface area contributed by atoms with E-state index in [4.69, 9.17) is 9.47 Å². The maximum absolute atomic E-state index is 11.5. The highest BCUT2D eigenvalue weighted by Crippen LogP contribution is 2.31. The van der Waals surface area contributed by atoms with Crippen LogP contribution in [0.1, 0.15) is 0 Å². The summed E-state index contributed by atoms with van der Waals surface area (Å²) in [4.78, 5) is 23.8. The second-order valence-corrected chi connectivity index (χ2v) is 7.37. The lowest BCUT2D eigenvalue weighted by molar-refractivity contribution is -0.111. The molecule has 0 saturated carbocycles. The largest absolute Gasteiger partial charge is 0.457 e. The Bertz CT molecular complexity index is 1460. The molecule has 5 rings (SSSR count). The Morgan fingerprint density at radius 2 is 1.68 bits per heavy atom. The quantitative estimate of drug-likeness (QED) is 0.284. The summed E-state index contributed by atoms with van der Waals surface area (Å²) in [7, 11) is 0. The monoisotopic (exact) mass is 448 g/mol. The van der Waals surface area contributed by atoms with Crippen molar-refractivity contribution in [1.82, 2.24) is 15.0 Å². The molecule has 2 N–H and O–H groups in total. The molecule has 0 unspecified atom stereocenters. The number of nitrogens with zero attached hydrogens (tertiary/aromatic N) is 2. The number of H-pyrrole nitrogens is 1. The fourth-order valence-electron chi connectivity index (χ4n) is 3.42. The smallest absolute Gasteiger partial charge is 0.247 e. The lowest BCUT2D eigenvalue weighted by atomic mass is 10.1. The summed E-state index contributed by atoms with van der Waals surface area (Å²) in [5.41, 5.74) is 3.79. The molecule has 0 aliphatic rings. The van der Waals surface area contributed by atoms with Crippen LogP contribution < -0.4 is 14.8 Å². The van der Waals surface area contributed by atoms with Crippen LogP contribution in [-0.4, -0.2) is 20.9 Å². The molecule has 0 atom stereocenters. The van der Waals surface area contributed by atoms with Gasteiger partial charge in [0.1, 0.15) is 22.8 Å². The number of hydrogen-bond acceptors (Lipinski definition) is 5. The fraction of sp³-hybridized carbons (Fsp3) is 0. The maximum Gasteiger partial charge on any atom is 0.247 e. The number of ether oxygens (including phenoxy) is 2. The molecule has 1 amide bonds. The van der Waals surface area contributed by atoms with Gasteiger partial charge in [0.05, 0.1) is 6.20 Å². The van der Waals surface area contributed by atoms with Gasteiger partial charge in [0.15, 0.2) is 5.65 Å². The second-order valence-electron chi connectivity index (χ2n) is 7.37. The molecule has 7 nitrogen and oxygen atoms in total. The first kappa shape index (κ1) is 21.0. The van der Waals surface area contributed by atoms with Crippen LogP contribution >= 0.6 is 0 Å². The van der Waals surface area contributed by atoms with Gasteiger partial charge in [0.2, 0.25) is 11.8 Å². The van der Waals surface area contributed by atoms with Gasteiger partial charge in [-0.2, -0.15) is 0 Å². The summed E-state index contributed by atoms with van der Waals surface area (Å²) < 4.78 is 11.8. The standard InChI is InChI=1S/C27H20N4O3/c1-2-24(32)30-19-7-6-10-22(15-19)34-25-17-29-27-26(31-25)23(16-28-27)18-11-13-21(14-12-18)33-20-8-4-3-5-9-20/h2-17H,1H2,(H,28,29)(H,30,32). The van der Waals surface area contributed by atoms with E-state index in [1.165, 1.54) is 6.08 Å². The molecule has 2 aromatic heterocycles. The Balaban J connectivity index is 1.38. The number of para-hydroxylation sites is 1. The number of benzene rings is 3. The van der Waals surface area contributed by atoms with Gasteiger partial charge in [0, 0.05) is 23.5 Å². The molecule has 166 valence electrons. The predicted octanol–water partition coefficient (Wildman–Crippen LogP) is 6.33. The van der Waals surface area contributed by atoms with Crippen LogP contribution in [0.2, 0.25) is 0 Å².